The van der Waals surface area contributed by atoms with Gasteiger partial charge in [-0.2, -0.15) is 0 Å². The van der Waals surface area contributed by atoms with Crippen molar-refractivity contribution in [3.8, 4) is 0 Å². The molecule has 2 rings (SSSR count). The Morgan fingerprint density at radius 2 is 1.94 bits per heavy atom. The van der Waals surface area contributed by atoms with Gasteiger partial charge < -0.3 is 5.11 Å². The minimum Gasteiger partial charge on any atom is -0.388 e. The Bertz CT molecular complexity index is 513. The average Bonchev–Trinajstić information content (AvgIpc) is 2.39. The zero-order valence-electron chi connectivity index (χ0n) is 10.5. The molecule has 1 aromatic heterocycles. The molecule has 0 saturated heterocycles. The SMILES string of the molecule is CC[C@@H](O)c1ccc(Sc2nccc(C)n2)cc1. The standard InChI is InChI=1S/C14H16N2OS/c1-3-13(17)11-4-6-12(7-5-11)18-14-15-9-8-10(2)16-14/h4-9,13,17H,3H2,1-2H3/t13-/m1/s1. The third-order valence-corrected chi connectivity index (χ3v) is 3.52. The van der Waals surface area contributed by atoms with Crippen molar-refractivity contribution in [1.82, 2.24) is 9.97 Å². The van der Waals surface area contributed by atoms with Crippen LogP contribution in [0, 0.1) is 6.92 Å². The van der Waals surface area contributed by atoms with Crippen molar-refractivity contribution in [2.75, 3.05) is 0 Å². The highest BCUT2D eigenvalue weighted by atomic mass is 32.2. The number of aromatic nitrogens is 2. The molecule has 2 aromatic rings. The summed E-state index contributed by atoms with van der Waals surface area (Å²) < 4.78 is 0. The van der Waals surface area contributed by atoms with E-state index in [4.69, 9.17) is 0 Å². The molecule has 1 N–H and O–H groups in total. The number of aryl methyl sites for hydroxylation is 1. The molecular formula is C14H16N2OS. The van der Waals surface area contributed by atoms with Gasteiger partial charge in [0, 0.05) is 16.8 Å². The van der Waals surface area contributed by atoms with Gasteiger partial charge in [-0.05, 0) is 48.9 Å². The fourth-order valence-corrected chi connectivity index (χ4v) is 2.36. The van der Waals surface area contributed by atoms with Gasteiger partial charge >= 0.3 is 0 Å². The van der Waals surface area contributed by atoms with E-state index in [9.17, 15) is 5.11 Å². The van der Waals surface area contributed by atoms with Crippen molar-refractivity contribution in [3.05, 3.63) is 47.8 Å². The van der Waals surface area contributed by atoms with Crippen LogP contribution in [0.15, 0.2) is 46.6 Å². The van der Waals surface area contributed by atoms with E-state index in [-0.39, 0.29) is 6.10 Å². The van der Waals surface area contributed by atoms with Gasteiger partial charge in [-0.3, -0.25) is 0 Å². The van der Waals surface area contributed by atoms with E-state index in [1.54, 1.807) is 6.20 Å². The van der Waals surface area contributed by atoms with Gasteiger partial charge in [0.2, 0.25) is 0 Å². The van der Waals surface area contributed by atoms with Gasteiger partial charge in [0.25, 0.3) is 0 Å². The summed E-state index contributed by atoms with van der Waals surface area (Å²) in [7, 11) is 0. The summed E-state index contributed by atoms with van der Waals surface area (Å²) >= 11 is 1.53. The number of nitrogens with zero attached hydrogens (tertiary/aromatic N) is 2. The van der Waals surface area contributed by atoms with Crippen LogP contribution < -0.4 is 0 Å². The molecule has 0 radical (unpaired) electrons. The van der Waals surface area contributed by atoms with Crippen LogP contribution in [-0.2, 0) is 0 Å². The minimum atomic E-state index is -0.376. The summed E-state index contributed by atoms with van der Waals surface area (Å²) in [6, 6.07) is 9.76. The van der Waals surface area contributed by atoms with Crippen molar-refractivity contribution in [2.24, 2.45) is 0 Å². The second-order valence-electron chi connectivity index (χ2n) is 4.08. The quantitative estimate of drug-likeness (QED) is 0.856. The molecule has 3 nitrogen and oxygen atoms in total. The zero-order chi connectivity index (χ0) is 13.0. The molecule has 0 saturated carbocycles. The first kappa shape index (κ1) is 13.1. The molecule has 94 valence electrons. The molecule has 0 aliphatic heterocycles. The smallest absolute Gasteiger partial charge is 0.192 e. The highest BCUT2D eigenvalue weighted by Gasteiger charge is 2.05. The number of benzene rings is 1. The van der Waals surface area contributed by atoms with E-state index in [2.05, 4.69) is 9.97 Å². The maximum Gasteiger partial charge on any atom is 0.192 e. The van der Waals surface area contributed by atoms with E-state index in [0.29, 0.717) is 0 Å². The molecule has 1 heterocycles. The predicted molar refractivity (Wildman–Crippen MR) is 72.6 cm³/mol. The van der Waals surface area contributed by atoms with Gasteiger partial charge in [0.1, 0.15) is 0 Å². The Hall–Kier alpha value is -1.39. The molecule has 18 heavy (non-hydrogen) atoms. The predicted octanol–water partition coefficient (Wildman–Crippen LogP) is 3.38. The molecule has 0 amide bonds. The zero-order valence-corrected chi connectivity index (χ0v) is 11.3. The first-order valence-corrected chi connectivity index (χ1v) is 6.76. The van der Waals surface area contributed by atoms with Gasteiger partial charge in [0.05, 0.1) is 6.10 Å². The molecule has 0 fully saturated rings. The van der Waals surface area contributed by atoms with E-state index in [1.807, 2.05) is 44.2 Å². The first-order chi connectivity index (χ1) is 8.69. The lowest BCUT2D eigenvalue weighted by Gasteiger charge is -2.08. The van der Waals surface area contributed by atoms with Crippen LogP contribution in [0.2, 0.25) is 0 Å². The molecule has 0 aliphatic rings. The Morgan fingerprint density at radius 1 is 1.22 bits per heavy atom. The number of hydrogen-bond donors (Lipinski definition) is 1. The number of aliphatic hydroxyl groups excluding tert-OH is 1. The molecule has 0 spiro atoms. The Morgan fingerprint density at radius 3 is 2.56 bits per heavy atom. The van der Waals surface area contributed by atoms with Crippen LogP contribution in [0.25, 0.3) is 0 Å². The Labute approximate surface area is 111 Å². The average molecular weight is 260 g/mol. The third kappa shape index (κ3) is 3.31. The largest absolute Gasteiger partial charge is 0.388 e. The lowest BCUT2D eigenvalue weighted by atomic mass is 10.1. The first-order valence-electron chi connectivity index (χ1n) is 5.94. The summed E-state index contributed by atoms with van der Waals surface area (Å²) in [5.74, 6) is 0. The lowest BCUT2D eigenvalue weighted by Crippen LogP contribution is -1.94. The fraction of sp³-hybridized carbons (Fsp3) is 0.286. The monoisotopic (exact) mass is 260 g/mol. The highest BCUT2D eigenvalue weighted by Crippen LogP contribution is 2.26. The van der Waals surface area contributed by atoms with Crippen molar-refractivity contribution in [1.29, 1.82) is 0 Å². The molecule has 0 bridgehead atoms. The number of rotatable bonds is 4. The van der Waals surface area contributed by atoms with E-state index in [0.717, 1.165) is 27.7 Å². The van der Waals surface area contributed by atoms with Crippen molar-refractivity contribution < 1.29 is 5.11 Å². The maximum absolute atomic E-state index is 9.71. The van der Waals surface area contributed by atoms with Crippen molar-refractivity contribution in [2.45, 2.75) is 36.4 Å². The van der Waals surface area contributed by atoms with Gasteiger partial charge in [-0.15, -0.1) is 0 Å². The van der Waals surface area contributed by atoms with Gasteiger partial charge in [-0.25, -0.2) is 9.97 Å². The van der Waals surface area contributed by atoms with Crippen LogP contribution in [0.3, 0.4) is 0 Å². The molecule has 4 heteroatoms. The van der Waals surface area contributed by atoms with E-state index in [1.165, 1.54) is 11.8 Å². The molecular weight excluding hydrogens is 244 g/mol. The summed E-state index contributed by atoms with van der Waals surface area (Å²) in [5.41, 5.74) is 1.91. The summed E-state index contributed by atoms with van der Waals surface area (Å²) in [6.45, 7) is 3.92. The van der Waals surface area contributed by atoms with Crippen LogP contribution in [0.1, 0.15) is 30.7 Å². The number of aliphatic hydroxyl groups is 1. The van der Waals surface area contributed by atoms with Gasteiger partial charge in [-0.1, -0.05) is 19.1 Å². The fourth-order valence-electron chi connectivity index (χ4n) is 1.57. The Balaban J connectivity index is 2.11. The lowest BCUT2D eigenvalue weighted by molar-refractivity contribution is 0.173. The van der Waals surface area contributed by atoms with Crippen molar-refractivity contribution >= 4 is 11.8 Å². The summed E-state index contributed by atoms with van der Waals surface area (Å²) in [4.78, 5) is 9.63. The molecule has 1 atom stereocenters. The van der Waals surface area contributed by atoms with E-state index < -0.39 is 0 Å². The van der Waals surface area contributed by atoms with Crippen LogP contribution in [0.5, 0.6) is 0 Å². The molecule has 0 aliphatic carbocycles. The second-order valence-corrected chi connectivity index (χ2v) is 5.12. The summed E-state index contributed by atoms with van der Waals surface area (Å²) in [6.07, 6.45) is 2.12. The third-order valence-electron chi connectivity index (χ3n) is 2.63. The van der Waals surface area contributed by atoms with Crippen molar-refractivity contribution in [3.63, 3.8) is 0 Å². The minimum absolute atomic E-state index is 0.376. The van der Waals surface area contributed by atoms with Gasteiger partial charge in [0.15, 0.2) is 5.16 Å². The molecule has 0 unspecified atom stereocenters. The number of hydrogen-bond acceptors (Lipinski definition) is 4. The van der Waals surface area contributed by atoms with Crippen LogP contribution in [-0.4, -0.2) is 15.1 Å². The van der Waals surface area contributed by atoms with E-state index >= 15 is 0 Å². The Kier molecular flexibility index (Phi) is 4.33. The normalized spacial score (nSPS) is 12.4. The van der Waals surface area contributed by atoms with Crippen LogP contribution in [0.4, 0.5) is 0 Å². The maximum atomic E-state index is 9.71. The summed E-state index contributed by atoms with van der Waals surface area (Å²) in [5, 5.41) is 10.5. The second kappa shape index (κ2) is 5.98. The molecule has 1 aromatic carbocycles. The topological polar surface area (TPSA) is 46.0 Å². The highest BCUT2D eigenvalue weighted by molar-refractivity contribution is 7.99. The van der Waals surface area contributed by atoms with Crippen LogP contribution >= 0.6 is 11.8 Å².